The molecule has 0 N–H and O–H groups in total. The Labute approximate surface area is 140 Å². The molecule has 0 aliphatic rings. The Kier molecular flexibility index (Phi) is 5.52. The molecule has 6 heteroatoms. The van der Waals surface area contributed by atoms with Crippen molar-refractivity contribution in [2.24, 2.45) is 0 Å². The molecule has 1 aromatic carbocycles. The van der Waals surface area contributed by atoms with Crippen molar-refractivity contribution in [1.82, 2.24) is 0 Å². The summed E-state index contributed by atoms with van der Waals surface area (Å²) >= 11 is 0. The smallest absolute Gasteiger partial charge is 0.330 e. The van der Waals surface area contributed by atoms with Gasteiger partial charge in [0, 0.05) is 6.08 Å². The molecule has 0 radical (unpaired) electrons. The van der Waals surface area contributed by atoms with Gasteiger partial charge in [0.05, 0.1) is 34.0 Å². The predicted molar refractivity (Wildman–Crippen MR) is 89.5 cm³/mol. The van der Waals surface area contributed by atoms with Gasteiger partial charge >= 0.3 is 5.97 Å². The van der Waals surface area contributed by atoms with Crippen LogP contribution in [0.1, 0.15) is 12.7 Å². The van der Waals surface area contributed by atoms with E-state index >= 15 is 0 Å². The van der Waals surface area contributed by atoms with Gasteiger partial charge in [0.2, 0.25) is 5.75 Å². The molecule has 0 saturated carbocycles. The van der Waals surface area contributed by atoms with Crippen LogP contribution in [-0.2, 0) is 9.53 Å². The van der Waals surface area contributed by atoms with Crippen LogP contribution in [0, 0.1) is 0 Å². The van der Waals surface area contributed by atoms with Crippen LogP contribution >= 0.6 is 0 Å². The average Bonchev–Trinajstić information content (AvgIpc) is 3.09. The Morgan fingerprint density at radius 2 is 1.67 bits per heavy atom. The number of carbonyl (C=O) groups is 1. The third-order valence-corrected chi connectivity index (χ3v) is 3.50. The summed E-state index contributed by atoms with van der Waals surface area (Å²) in [5, 5.41) is 0. The highest BCUT2D eigenvalue weighted by Gasteiger charge is 2.19. The largest absolute Gasteiger partial charge is 0.493 e. The fraction of sp³-hybridized carbons (Fsp3) is 0.278. The molecule has 0 bridgehead atoms. The van der Waals surface area contributed by atoms with E-state index in [2.05, 4.69) is 4.74 Å². The van der Waals surface area contributed by atoms with Crippen LogP contribution in [0.3, 0.4) is 0 Å². The molecule has 0 unspecified atom stereocenters. The second kappa shape index (κ2) is 7.59. The van der Waals surface area contributed by atoms with Crippen LogP contribution in [0.25, 0.3) is 16.9 Å². The quantitative estimate of drug-likeness (QED) is 0.595. The maximum Gasteiger partial charge on any atom is 0.330 e. The zero-order valence-corrected chi connectivity index (χ0v) is 14.3. The topological polar surface area (TPSA) is 67.1 Å². The van der Waals surface area contributed by atoms with Gasteiger partial charge in [0.1, 0.15) is 11.5 Å². The van der Waals surface area contributed by atoms with Gasteiger partial charge < -0.3 is 23.4 Å². The van der Waals surface area contributed by atoms with Gasteiger partial charge in [-0.3, -0.25) is 0 Å². The Balaban J connectivity index is 2.47. The molecule has 0 amide bonds. The van der Waals surface area contributed by atoms with E-state index < -0.39 is 5.97 Å². The summed E-state index contributed by atoms with van der Waals surface area (Å²) in [6.07, 6.45) is 1.37. The van der Waals surface area contributed by atoms with Crippen molar-refractivity contribution in [3.63, 3.8) is 0 Å². The Hall–Kier alpha value is -2.89. The summed E-state index contributed by atoms with van der Waals surface area (Å²) in [4.78, 5) is 11.3. The highest BCUT2D eigenvalue weighted by molar-refractivity contribution is 5.90. The van der Waals surface area contributed by atoms with Crippen LogP contribution < -0.4 is 14.2 Å². The Bertz CT molecular complexity index is 757. The van der Waals surface area contributed by atoms with E-state index in [1.807, 2.05) is 6.07 Å². The van der Waals surface area contributed by atoms with Gasteiger partial charge in [-0.2, -0.15) is 0 Å². The minimum Gasteiger partial charge on any atom is -0.493 e. The zero-order valence-electron chi connectivity index (χ0n) is 14.3. The molecule has 0 fully saturated rings. The molecular weight excluding hydrogens is 312 g/mol. The fourth-order valence-electron chi connectivity index (χ4n) is 2.30. The summed E-state index contributed by atoms with van der Waals surface area (Å²) in [6, 6.07) is 7.17. The molecule has 1 aromatic heterocycles. The first-order valence-corrected chi connectivity index (χ1v) is 7.21. The molecule has 128 valence electrons. The van der Waals surface area contributed by atoms with Crippen LogP contribution in [0.15, 0.2) is 34.8 Å². The highest BCUT2D eigenvalue weighted by Crippen LogP contribution is 2.44. The number of hydrogen-bond acceptors (Lipinski definition) is 6. The summed E-state index contributed by atoms with van der Waals surface area (Å²) in [5.74, 6) is 2.26. The van der Waals surface area contributed by atoms with E-state index in [0.29, 0.717) is 39.9 Å². The molecule has 6 nitrogen and oxygen atoms in total. The summed E-state index contributed by atoms with van der Waals surface area (Å²) in [6.45, 7) is 1.77. The molecule has 0 spiro atoms. The van der Waals surface area contributed by atoms with Gasteiger partial charge in [-0.05, 0) is 36.8 Å². The SMILES string of the molecule is COC(=O)/C=C(\C)c1ccc(-c2ccc(OC)c(OC)c2OC)o1. The normalized spacial score (nSPS) is 11.1. The van der Waals surface area contributed by atoms with Crippen LogP contribution in [0.4, 0.5) is 0 Å². The first-order valence-electron chi connectivity index (χ1n) is 7.21. The molecule has 24 heavy (non-hydrogen) atoms. The van der Waals surface area contributed by atoms with E-state index in [0.717, 1.165) is 0 Å². The van der Waals surface area contributed by atoms with Gasteiger partial charge in [0.25, 0.3) is 0 Å². The summed E-state index contributed by atoms with van der Waals surface area (Å²) in [7, 11) is 5.98. The predicted octanol–water partition coefficient (Wildman–Crippen LogP) is 3.55. The minimum absolute atomic E-state index is 0.436. The highest BCUT2D eigenvalue weighted by atomic mass is 16.5. The van der Waals surface area contributed by atoms with E-state index in [-0.39, 0.29) is 0 Å². The average molecular weight is 332 g/mol. The molecule has 0 saturated heterocycles. The lowest BCUT2D eigenvalue weighted by Crippen LogP contribution is -1.96. The molecule has 0 aliphatic heterocycles. The number of benzene rings is 1. The lowest BCUT2D eigenvalue weighted by molar-refractivity contribution is -0.134. The first kappa shape index (κ1) is 17.5. The number of allylic oxidation sites excluding steroid dienone is 1. The van der Waals surface area contributed by atoms with Crippen molar-refractivity contribution in [1.29, 1.82) is 0 Å². The number of hydrogen-bond donors (Lipinski definition) is 0. The zero-order chi connectivity index (χ0) is 17.7. The van der Waals surface area contributed by atoms with Crippen molar-refractivity contribution >= 4 is 11.5 Å². The summed E-state index contributed by atoms with van der Waals surface area (Å²) < 4.78 is 26.6. The maximum atomic E-state index is 11.3. The third kappa shape index (κ3) is 3.37. The Morgan fingerprint density at radius 1 is 0.958 bits per heavy atom. The molecule has 1 heterocycles. The van der Waals surface area contributed by atoms with E-state index in [1.54, 1.807) is 46.5 Å². The first-order chi connectivity index (χ1) is 11.5. The second-order valence-corrected chi connectivity index (χ2v) is 4.90. The lowest BCUT2D eigenvalue weighted by atomic mass is 10.1. The van der Waals surface area contributed by atoms with Gasteiger partial charge in [-0.1, -0.05) is 0 Å². The molecule has 0 aliphatic carbocycles. The van der Waals surface area contributed by atoms with Gasteiger partial charge in [0.15, 0.2) is 11.5 Å². The fourth-order valence-corrected chi connectivity index (χ4v) is 2.30. The van der Waals surface area contributed by atoms with Crippen molar-refractivity contribution in [3.8, 4) is 28.6 Å². The van der Waals surface area contributed by atoms with Crippen molar-refractivity contribution < 1.29 is 28.2 Å². The maximum absolute atomic E-state index is 11.3. The third-order valence-electron chi connectivity index (χ3n) is 3.50. The van der Waals surface area contributed by atoms with Crippen molar-refractivity contribution in [2.75, 3.05) is 28.4 Å². The van der Waals surface area contributed by atoms with Crippen molar-refractivity contribution in [2.45, 2.75) is 6.92 Å². The number of methoxy groups -OCH3 is 4. The number of ether oxygens (including phenoxy) is 4. The monoisotopic (exact) mass is 332 g/mol. The number of rotatable bonds is 6. The van der Waals surface area contributed by atoms with E-state index in [4.69, 9.17) is 18.6 Å². The second-order valence-electron chi connectivity index (χ2n) is 4.90. The number of carbonyl (C=O) groups excluding carboxylic acids is 1. The Morgan fingerprint density at radius 3 is 2.25 bits per heavy atom. The standard InChI is InChI=1S/C18H20O6/c1-11(10-16(19)21-3)13-8-9-14(24-13)12-6-7-15(20-2)18(23-5)17(12)22-4/h6-10H,1-5H3/b11-10+. The summed E-state index contributed by atoms with van der Waals surface area (Å²) in [5.41, 5.74) is 1.37. The molecule has 0 atom stereocenters. The van der Waals surface area contributed by atoms with Gasteiger partial charge in [-0.25, -0.2) is 4.79 Å². The van der Waals surface area contributed by atoms with Crippen molar-refractivity contribution in [3.05, 3.63) is 36.1 Å². The van der Waals surface area contributed by atoms with Crippen LogP contribution in [0.2, 0.25) is 0 Å². The van der Waals surface area contributed by atoms with E-state index in [9.17, 15) is 4.79 Å². The molecular formula is C18H20O6. The van der Waals surface area contributed by atoms with Gasteiger partial charge in [-0.15, -0.1) is 0 Å². The van der Waals surface area contributed by atoms with Crippen LogP contribution in [0.5, 0.6) is 17.2 Å². The van der Waals surface area contributed by atoms with Crippen LogP contribution in [-0.4, -0.2) is 34.4 Å². The minimum atomic E-state index is -0.436. The number of furan rings is 1. The van der Waals surface area contributed by atoms with E-state index in [1.165, 1.54) is 13.2 Å². The molecule has 2 rings (SSSR count). The number of esters is 1. The molecule has 2 aromatic rings. The lowest BCUT2D eigenvalue weighted by Gasteiger charge is -2.14.